The van der Waals surface area contributed by atoms with Gasteiger partial charge in [-0.25, -0.2) is 4.98 Å². The number of imidazole rings is 1. The average Bonchev–Trinajstić information content (AvgIpc) is 3.42. The third kappa shape index (κ3) is 3.90. The third-order valence-electron chi connectivity index (χ3n) is 5.76. The molecule has 35 heavy (non-hydrogen) atoms. The van der Waals surface area contributed by atoms with Crippen molar-refractivity contribution in [2.75, 3.05) is 0 Å². The van der Waals surface area contributed by atoms with Gasteiger partial charge in [-0.1, -0.05) is 42.5 Å². The zero-order chi connectivity index (χ0) is 24.7. The van der Waals surface area contributed by atoms with Gasteiger partial charge >= 0.3 is 6.18 Å². The van der Waals surface area contributed by atoms with Crippen LogP contribution in [0, 0.1) is 0 Å². The van der Waals surface area contributed by atoms with E-state index < -0.39 is 29.3 Å². The van der Waals surface area contributed by atoms with Crippen molar-refractivity contribution in [1.29, 1.82) is 0 Å². The molecule has 9 heteroatoms. The summed E-state index contributed by atoms with van der Waals surface area (Å²) in [6.45, 7) is -0.223. The minimum Gasteiger partial charge on any atom is -0.302 e. The minimum absolute atomic E-state index is 0.149. The van der Waals surface area contributed by atoms with Crippen LogP contribution in [-0.4, -0.2) is 32.0 Å². The lowest BCUT2D eigenvalue weighted by Gasteiger charge is -2.18. The summed E-state index contributed by atoms with van der Waals surface area (Å²) in [5.74, 6) is -1.38. The van der Waals surface area contributed by atoms with Crippen molar-refractivity contribution in [2.45, 2.75) is 12.7 Å². The molecule has 0 N–H and O–H groups in total. The molecule has 2 amide bonds. The first-order valence-electron chi connectivity index (χ1n) is 10.5. The molecule has 1 aliphatic heterocycles. The summed E-state index contributed by atoms with van der Waals surface area (Å²) in [5, 5.41) is 0. The highest BCUT2D eigenvalue weighted by atomic mass is 19.4. The number of imide groups is 1. The molecule has 0 bridgehead atoms. The van der Waals surface area contributed by atoms with Gasteiger partial charge in [0, 0.05) is 23.5 Å². The number of amides is 2. The van der Waals surface area contributed by atoms with Crippen LogP contribution < -0.4 is 0 Å². The molecule has 0 fully saturated rings. The fourth-order valence-electron chi connectivity index (χ4n) is 4.04. The summed E-state index contributed by atoms with van der Waals surface area (Å²) in [4.78, 5) is 44.0. The highest BCUT2D eigenvalue weighted by molar-refractivity contribution is 6.21. The van der Waals surface area contributed by atoms with E-state index in [0.29, 0.717) is 0 Å². The molecule has 0 saturated heterocycles. The van der Waals surface area contributed by atoms with Crippen molar-refractivity contribution in [3.8, 4) is 5.69 Å². The molecule has 1 aromatic heterocycles. The second-order valence-corrected chi connectivity index (χ2v) is 7.88. The van der Waals surface area contributed by atoms with Gasteiger partial charge in [-0.15, -0.1) is 0 Å². The standard InChI is InChI=1S/C26H16F3N3O3/c27-26(28,29)17-10-11-21(20(14-17)23(33)16-6-2-1-3-7-16)31-13-12-30-22(31)15-32-24(34)18-8-4-5-9-19(18)25(32)35/h1-14H,15H2. The summed E-state index contributed by atoms with van der Waals surface area (Å²) in [7, 11) is 0. The Kier molecular flexibility index (Phi) is 5.32. The summed E-state index contributed by atoms with van der Waals surface area (Å²) in [5.41, 5.74) is -0.253. The number of alkyl halides is 3. The van der Waals surface area contributed by atoms with E-state index in [1.54, 1.807) is 42.5 Å². The Morgan fingerprint density at radius 2 is 1.49 bits per heavy atom. The fraction of sp³-hybridized carbons (Fsp3) is 0.0769. The Labute approximate surface area is 197 Å². The number of nitrogens with zero attached hydrogens (tertiary/aromatic N) is 3. The van der Waals surface area contributed by atoms with Crippen LogP contribution in [0.1, 0.15) is 48.0 Å². The highest BCUT2D eigenvalue weighted by Crippen LogP contribution is 2.33. The maximum absolute atomic E-state index is 13.5. The summed E-state index contributed by atoms with van der Waals surface area (Å²) in [6.07, 6.45) is -1.79. The van der Waals surface area contributed by atoms with Gasteiger partial charge in [-0.3, -0.25) is 19.3 Å². The number of carbonyl (C=O) groups excluding carboxylic acids is 3. The van der Waals surface area contributed by atoms with Crippen molar-refractivity contribution in [3.05, 3.63) is 119 Å². The molecule has 0 radical (unpaired) electrons. The van der Waals surface area contributed by atoms with Gasteiger partial charge in [0.25, 0.3) is 11.8 Å². The molecule has 0 spiro atoms. The van der Waals surface area contributed by atoms with Gasteiger partial charge in [0.2, 0.25) is 0 Å². The van der Waals surface area contributed by atoms with Crippen molar-refractivity contribution in [1.82, 2.24) is 14.5 Å². The molecule has 3 aromatic carbocycles. The lowest BCUT2D eigenvalue weighted by molar-refractivity contribution is -0.137. The molecule has 6 nitrogen and oxygen atoms in total. The SMILES string of the molecule is O=C(c1ccccc1)c1cc(C(F)(F)F)ccc1-n1ccnc1CN1C(=O)c2ccccc2C1=O. The molecular formula is C26H16F3N3O3. The molecular weight excluding hydrogens is 459 g/mol. The van der Waals surface area contributed by atoms with Crippen LogP contribution in [0.3, 0.4) is 0 Å². The number of hydrogen-bond acceptors (Lipinski definition) is 4. The Balaban J connectivity index is 1.57. The highest BCUT2D eigenvalue weighted by Gasteiger charge is 2.36. The van der Waals surface area contributed by atoms with Crippen molar-refractivity contribution in [3.63, 3.8) is 0 Å². The maximum atomic E-state index is 13.5. The van der Waals surface area contributed by atoms with E-state index in [4.69, 9.17) is 0 Å². The van der Waals surface area contributed by atoms with E-state index in [2.05, 4.69) is 4.98 Å². The van der Waals surface area contributed by atoms with Gasteiger partial charge in [0.15, 0.2) is 5.78 Å². The number of benzene rings is 3. The first kappa shape index (κ1) is 22.3. The van der Waals surface area contributed by atoms with Gasteiger partial charge in [0.1, 0.15) is 5.82 Å². The molecule has 0 aliphatic carbocycles. The van der Waals surface area contributed by atoms with Crippen LogP contribution >= 0.6 is 0 Å². The van der Waals surface area contributed by atoms with Gasteiger partial charge in [0.05, 0.1) is 28.9 Å². The van der Waals surface area contributed by atoms with E-state index in [9.17, 15) is 27.6 Å². The number of hydrogen-bond donors (Lipinski definition) is 0. The number of ketones is 1. The zero-order valence-electron chi connectivity index (χ0n) is 18.0. The van der Waals surface area contributed by atoms with Crippen LogP contribution in [0.15, 0.2) is 85.2 Å². The van der Waals surface area contributed by atoms with Crippen LogP contribution in [-0.2, 0) is 12.7 Å². The van der Waals surface area contributed by atoms with Crippen molar-refractivity contribution < 1.29 is 27.6 Å². The van der Waals surface area contributed by atoms with Gasteiger partial charge in [-0.2, -0.15) is 13.2 Å². The van der Waals surface area contributed by atoms with E-state index in [0.717, 1.165) is 17.0 Å². The Hall–Kier alpha value is -4.53. The Morgan fingerprint density at radius 3 is 2.11 bits per heavy atom. The Bertz CT molecular complexity index is 1440. The largest absolute Gasteiger partial charge is 0.416 e. The molecule has 5 rings (SSSR count). The number of fused-ring (bicyclic) bond motifs is 1. The first-order valence-corrected chi connectivity index (χ1v) is 10.5. The lowest BCUT2D eigenvalue weighted by atomic mass is 9.99. The quantitative estimate of drug-likeness (QED) is 0.304. The number of aromatic nitrogens is 2. The summed E-state index contributed by atoms with van der Waals surface area (Å²) < 4.78 is 41.8. The molecule has 0 saturated carbocycles. The molecule has 0 unspecified atom stereocenters. The molecule has 2 heterocycles. The van der Waals surface area contributed by atoms with Crippen molar-refractivity contribution >= 4 is 17.6 Å². The zero-order valence-corrected chi connectivity index (χ0v) is 18.0. The second-order valence-electron chi connectivity index (χ2n) is 7.88. The van der Waals surface area contributed by atoms with Crippen LogP contribution in [0.25, 0.3) is 5.69 Å². The number of rotatable bonds is 5. The predicted molar refractivity (Wildman–Crippen MR) is 119 cm³/mol. The van der Waals surface area contributed by atoms with E-state index in [-0.39, 0.29) is 40.3 Å². The normalized spacial score (nSPS) is 13.3. The fourth-order valence-corrected chi connectivity index (χ4v) is 4.04. The molecule has 174 valence electrons. The number of carbonyl (C=O) groups is 3. The average molecular weight is 475 g/mol. The maximum Gasteiger partial charge on any atom is 0.416 e. The molecule has 4 aromatic rings. The van der Waals surface area contributed by atoms with Crippen LogP contribution in [0.2, 0.25) is 0 Å². The first-order chi connectivity index (χ1) is 16.8. The van der Waals surface area contributed by atoms with Crippen molar-refractivity contribution in [2.24, 2.45) is 0 Å². The van der Waals surface area contributed by atoms with E-state index in [1.165, 1.54) is 35.2 Å². The van der Waals surface area contributed by atoms with Gasteiger partial charge in [-0.05, 0) is 30.3 Å². The smallest absolute Gasteiger partial charge is 0.302 e. The summed E-state index contributed by atoms with van der Waals surface area (Å²) in [6, 6.07) is 17.2. The Morgan fingerprint density at radius 1 is 0.857 bits per heavy atom. The van der Waals surface area contributed by atoms with E-state index in [1.807, 2.05) is 0 Å². The number of halogens is 3. The monoisotopic (exact) mass is 475 g/mol. The topological polar surface area (TPSA) is 72.3 Å². The van der Waals surface area contributed by atoms with E-state index >= 15 is 0 Å². The minimum atomic E-state index is -4.65. The molecule has 0 atom stereocenters. The summed E-state index contributed by atoms with van der Waals surface area (Å²) >= 11 is 0. The predicted octanol–water partition coefficient (Wildman–Crippen LogP) is 4.92. The second kappa shape index (κ2) is 8.35. The molecule has 1 aliphatic rings. The third-order valence-corrected chi connectivity index (χ3v) is 5.76. The van der Waals surface area contributed by atoms with Gasteiger partial charge < -0.3 is 4.57 Å². The van der Waals surface area contributed by atoms with Crippen LogP contribution in [0.4, 0.5) is 13.2 Å². The lowest BCUT2D eigenvalue weighted by Crippen LogP contribution is -2.30. The van der Waals surface area contributed by atoms with Crippen LogP contribution in [0.5, 0.6) is 0 Å².